The number of aromatic nitrogens is 1. The van der Waals surface area contributed by atoms with E-state index in [1.807, 2.05) is 30.3 Å². The van der Waals surface area contributed by atoms with E-state index in [2.05, 4.69) is 15.0 Å². The molecule has 1 unspecified atom stereocenters. The van der Waals surface area contributed by atoms with Crippen molar-refractivity contribution in [2.45, 2.75) is 11.0 Å². The Kier molecular flexibility index (Phi) is 6.41. The maximum atomic E-state index is 12.6. The van der Waals surface area contributed by atoms with Gasteiger partial charge in [0.1, 0.15) is 5.15 Å². The fourth-order valence-electron chi connectivity index (χ4n) is 2.76. The monoisotopic (exact) mass is 405 g/mol. The highest BCUT2D eigenvalue weighted by molar-refractivity contribution is 7.89. The highest BCUT2D eigenvalue weighted by Gasteiger charge is 2.17. The lowest BCUT2D eigenvalue weighted by Gasteiger charge is -2.13. The second-order valence-electron chi connectivity index (χ2n) is 5.98. The number of fused-ring (bicyclic) bond motifs is 1. The van der Waals surface area contributed by atoms with Crippen LogP contribution in [0, 0.1) is 0 Å². The van der Waals surface area contributed by atoms with Crippen molar-refractivity contribution in [3.63, 3.8) is 0 Å². The van der Waals surface area contributed by atoms with Gasteiger partial charge in [-0.1, -0.05) is 54.1 Å². The lowest BCUT2D eigenvalue weighted by atomic mass is 10.1. The molecule has 6 nitrogen and oxygen atoms in total. The summed E-state index contributed by atoms with van der Waals surface area (Å²) in [6, 6.07) is 15.8. The lowest BCUT2D eigenvalue weighted by molar-refractivity contribution is 0.175. The summed E-state index contributed by atoms with van der Waals surface area (Å²) in [7, 11) is -3.70. The molecule has 0 bridgehead atoms. The first-order chi connectivity index (χ1) is 13.0. The smallest absolute Gasteiger partial charge is 0.241 e. The average Bonchev–Trinajstić information content (AvgIpc) is 2.68. The second kappa shape index (κ2) is 8.77. The molecule has 1 aromatic heterocycles. The van der Waals surface area contributed by atoms with Gasteiger partial charge in [0, 0.05) is 36.6 Å². The predicted molar refractivity (Wildman–Crippen MR) is 106 cm³/mol. The summed E-state index contributed by atoms with van der Waals surface area (Å²) in [6.45, 7) is 0.913. The van der Waals surface area contributed by atoms with Crippen LogP contribution >= 0.6 is 11.6 Å². The molecule has 8 heteroatoms. The molecular weight excluding hydrogens is 386 g/mol. The van der Waals surface area contributed by atoms with Crippen LogP contribution in [0.4, 0.5) is 0 Å². The lowest BCUT2D eigenvalue weighted by Crippen LogP contribution is -2.33. The topological polar surface area (TPSA) is 91.3 Å². The van der Waals surface area contributed by atoms with Crippen LogP contribution in [-0.2, 0) is 10.0 Å². The highest BCUT2D eigenvalue weighted by Crippen LogP contribution is 2.26. The summed E-state index contributed by atoms with van der Waals surface area (Å²) in [5.74, 6) is 0. The van der Waals surface area contributed by atoms with E-state index in [9.17, 15) is 13.5 Å². The first-order valence-electron chi connectivity index (χ1n) is 8.45. The van der Waals surface area contributed by atoms with Crippen LogP contribution in [0.2, 0.25) is 5.15 Å². The van der Waals surface area contributed by atoms with Gasteiger partial charge in [-0.2, -0.15) is 0 Å². The Morgan fingerprint density at radius 3 is 2.56 bits per heavy atom. The molecule has 1 heterocycles. The molecule has 0 radical (unpaired) electrons. The molecule has 3 N–H and O–H groups in total. The van der Waals surface area contributed by atoms with Gasteiger partial charge in [-0.3, -0.25) is 0 Å². The number of pyridine rings is 1. The molecule has 0 saturated heterocycles. The number of nitrogens with one attached hydrogen (secondary N) is 2. The van der Waals surface area contributed by atoms with Crippen molar-refractivity contribution >= 4 is 32.4 Å². The molecule has 0 aliphatic carbocycles. The van der Waals surface area contributed by atoms with E-state index in [1.165, 1.54) is 12.3 Å². The Balaban J connectivity index is 1.57. The molecule has 3 aromatic rings. The Morgan fingerprint density at radius 2 is 1.78 bits per heavy atom. The Hall–Kier alpha value is -2.03. The summed E-state index contributed by atoms with van der Waals surface area (Å²) in [4.78, 5) is 4.14. The van der Waals surface area contributed by atoms with E-state index >= 15 is 0 Å². The zero-order valence-corrected chi connectivity index (χ0v) is 16.0. The Morgan fingerprint density at radius 1 is 1.00 bits per heavy atom. The van der Waals surface area contributed by atoms with Crippen LogP contribution in [0.15, 0.2) is 65.7 Å². The minimum absolute atomic E-state index is 0.161. The molecule has 27 heavy (non-hydrogen) atoms. The van der Waals surface area contributed by atoms with Gasteiger partial charge in [0.15, 0.2) is 0 Å². The zero-order chi connectivity index (χ0) is 19.3. The third-order valence-electron chi connectivity index (χ3n) is 4.12. The number of nitrogens with zero attached hydrogens (tertiary/aromatic N) is 1. The third-order valence-corrected chi connectivity index (χ3v) is 5.94. The van der Waals surface area contributed by atoms with Crippen molar-refractivity contribution in [2.24, 2.45) is 0 Å². The molecule has 0 amide bonds. The maximum Gasteiger partial charge on any atom is 0.241 e. The second-order valence-corrected chi connectivity index (χ2v) is 8.07. The van der Waals surface area contributed by atoms with Gasteiger partial charge in [0.2, 0.25) is 10.0 Å². The maximum absolute atomic E-state index is 12.6. The van der Waals surface area contributed by atoms with Crippen molar-refractivity contribution in [3.8, 4) is 0 Å². The van der Waals surface area contributed by atoms with E-state index in [4.69, 9.17) is 11.6 Å². The molecular formula is C19H20ClN3O3S. The summed E-state index contributed by atoms with van der Waals surface area (Å²) in [5.41, 5.74) is 0.812. The van der Waals surface area contributed by atoms with Crippen LogP contribution < -0.4 is 10.0 Å². The molecule has 0 fully saturated rings. The molecule has 1 atom stereocenters. The van der Waals surface area contributed by atoms with E-state index in [-0.39, 0.29) is 16.6 Å². The van der Waals surface area contributed by atoms with Crippen molar-refractivity contribution in [2.75, 3.05) is 19.6 Å². The number of aliphatic hydroxyl groups excluding tert-OH is 1. The van der Waals surface area contributed by atoms with Gasteiger partial charge >= 0.3 is 0 Å². The Labute approximate surface area is 163 Å². The molecule has 0 spiro atoms. The fourth-order valence-corrected chi connectivity index (χ4v) is 4.23. The van der Waals surface area contributed by atoms with Crippen molar-refractivity contribution in [1.82, 2.24) is 15.0 Å². The summed E-state index contributed by atoms with van der Waals surface area (Å²) in [6.07, 6.45) is 0.839. The summed E-state index contributed by atoms with van der Waals surface area (Å²) in [5, 5.41) is 14.5. The van der Waals surface area contributed by atoms with Gasteiger partial charge in [-0.25, -0.2) is 18.1 Å². The number of hydrogen-bond acceptors (Lipinski definition) is 5. The van der Waals surface area contributed by atoms with Crippen LogP contribution in [0.25, 0.3) is 10.8 Å². The number of benzene rings is 2. The van der Waals surface area contributed by atoms with Crippen LogP contribution in [0.5, 0.6) is 0 Å². The van der Waals surface area contributed by atoms with Gasteiger partial charge in [0.25, 0.3) is 0 Å². The number of hydrogen-bond donors (Lipinski definition) is 3. The van der Waals surface area contributed by atoms with E-state index < -0.39 is 16.1 Å². The zero-order valence-electron chi connectivity index (χ0n) is 14.5. The molecule has 3 rings (SSSR count). The first-order valence-corrected chi connectivity index (χ1v) is 10.3. The van der Waals surface area contributed by atoms with Crippen molar-refractivity contribution < 1.29 is 13.5 Å². The van der Waals surface area contributed by atoms with Crippen LogP contribution in [0.3, 0.4) is 0 Å². The summed E-state index contributed by atoms with van der Waals surface area (Å²) >= 11 is 6.04. The van der Waals surface area contributed by atoms with E-state index in [0.29, 0.717) is 23.9 Å². The molecule has 0 aliphatic rings. The van der Waals surface area contributed by atoms with Gasteiger partial charge < -0.3 is 10.4 Å². The quantitative estimate of drug-likeness (QED) is 0.395. The van der Waals surface area contributed by atoms with E-state index in [0.717, 1.165) is 5.56 Å². The minimum atomic E-state index is -3.70. The average molecular weight is 406 g/mol. The van der Waals surface area contributed by atoms with Gasteiger partial charge in [-0.15, -0.1) is 0 Å². The van der Waals surface area contributed by atoms with Crippen molar-refractivity contribution in [1.29, 1.82) is 0 Å². The molecule has 142 valence electrons. The minimum Gasteiger partial charge on any atom is -0.387 e. The number of aliphatic hydroxyl groups is 1. The normalized spacial score (nSPS) is 13.0. The molecule has 2 aromatic carbocycles. The largest absolute Gasteiger partial charge is 0.387 e. The molecule has 0 saturated carbocycles. The van der Waals surface area contributed by atoms with Crippen molar-refractivity contribution in [3.05, 3.63) is 71.5 Å². The van der Waals surface area contributed by atoms with E-state index in [1.54, 1.807) is 18.2 Å². The number of rotatable bonds is 8. The predicted octanol–water partition coefficient (Wildman–Crippen LogP) is 2.49. The number of halogens is 1. The molecule has 0 aliphatic heterocycles. The Bertz CT molecular complexity index is 1010. The highest BCUT2D eigenvalue weighted by atomic mass is 35.5. The third kappa shape index (κ3) is 4.82. The van der Waals surface area contributed by atoms with Gasteiger partial charge in [0.05, 0.1) is 11.0 Å². The van der Waals surface area contributed by atoms with Crippen LogP contribution in [-0.4, -0.2) is 38.1 Å². The standard InChI is InChI=1S/C19H20ClN3O3S/c20-19-16-7-4-8-18(15(16)9-10-22-19)27(25,26)23-12-11-21-13-17(24)14-5-2-1-3-6-14/h1-10,17,21,23-24H,11-13H2. The first kappa shape index (κ1) is 19.7. The summed E-state index contributed by atoms with van der Waals surface area (Å²) < 4.78 is 27.8. The van der Waals surface area contributed by atoms with Crippen LogP contribution in [0.1, 0.15) is 11.7 Å². The number of sulfonamides is 1. The fraction of sp³-hybridized carbons (Fsp3) is 0.211. The van der Waals surface area contributed by atoms with Gasteiger partial charge in [-0.05, 0) is 17.7 Å². The SMILES string of the molecule is O=S(=O)(NCCNCC(O)c1ccccc1)c1cccc2c(Cl)nccc12.